The van der Waals surface area contributed by atoms with E-state index in [2.05, 4.69) is 21.8 Å². The first-order chi connectivity index (χ1) is 19.7. The Morgan fingerprint density at radius 2 is 1.71 bits per heavy atom. The quantitative estimate of drug-likeness (QED) is 0.368. The number of aromatic nitrogens is 2. The monoisotopic (exact) mass is 590 g/mol. The van der Waals surface area contributed by atoms with Gasteiger partial charge in [-0.25, -0.2) is 4.68 Å². The van der Waals surface area contributed by atoms with Gasteiger partial charge in [0.1, 0.15) is 16.9 Å². The molecule has 14 heteroatoms. The highest BCUT2D eigenvalue weighted by molar-refractivity contribution is 6.01. The lowest BCUT2D eigenvalue weighted by Gasteiger charge is -2.21. The molecule has 0 saturated heterocycles. The summed E-state index contributed by atoms with van der Waals surface area (Å²) in [6.45, 7) is 1.54. The van der Waals surface area contributed by atoms with Crippen molar-refractivity contribution in [1.82, 2.24) is 20.4 Å². The predicted molar refractivity (Wildman–Crippen MR) is 137 cm³/mol. The number of benzene rings is 2. The summed E-state index contributed by atoms with van der Waals surface area (Å²) >= 11 is 0. The Kier molecular flexibility index (Phi) is 7.16. The summed E-state index contributed by atoms with van der Waals surface area (Å²) in [5.74, 6) is -1.63. The number of amides is 2. The van der Waals surface area contributed by atoms with E-state index in [0.29, 0.717) is 18.4 Å². The average Bonchev–Trinajstić information content (AvgIpc) is 3.42. The van der Waals surface area contributed by atoms with Gasteiger partial charge in [-0.1, -0.05) is 24.3 Å². The molecular weight excluding hydrogens is 566 g/mol. The minimum Gasteiger partial charge on any atom is -0.350 e. The van der Waals surface area contributed by atoms with E-state index in [9.17, 15) is 35.9 Å². The van der Waals surface area contributed by atoms with Crippen molar-refractivity contribution in [2.45, 2.75) is 56.8 Å². The molecule has 1 aliphatic heterocycles. The Hall–Kier alpha value is -4.54. The van der Waals surface area contributed by atoms with Crippen molar-refractivity contribution in [2.24, 2.45) is 0 Å². The Labute approximate surface area is 235 Å². The van der Waals surface area contributed by atoms with Gasteiger partial charge in [0.15, 0.2) is 5.69 Å². The number of carbonyl (C=O) groups excluding carboxylic acids is 2. The minimum atomic E-state index is -4.97. The number of hydrogen-bond acceptors (Lipinski definition) is 5. The topological polar surface area (TPSA) is 103 Å². The van der Waals surface area contributed by atoms with Crippen LogP contribution < -0.4 is 15.5 Å². The smallest absolute Gasteiger partial charge is 0.350 e. The lowest BCUT2D eigenvalue weighted by molar-refractivity contribution is -0.142. The maximum atomic E-state index is 14.0. The van der Waals surface area contributed by atoms with E-state index >= 15 is 0 Å². The molecule has 2 N–H and O–H groups in total. The normalized spacial score (nSPS) is 16.4. The zero-order chi connectivity index (χ0) is 30.4. The number of halogens is 6. The maximum absolute atomic E-state index is 14.0. The second kappa shape index (κ2) is 10.4. The highest BCUT2D eigenvalue weighted by Gasteiger charge is 2.45. The molecule has 2 aromatic carbocycles. The lowest BCUT2D eigenvalue weighted by Crippen LogP contribution is -2.35. The van der Waals surface area contributed by atoms with Gasteiger partial charge in [-0.05, 0) is 55.2 Å². The molecule has 1 aliphatic carbocycles. The van der Waals surface area contributed by atoms with E-state index in [1.54, 1.807) is 19.1 Å². The number of fused-ring (bicyclic) bond motifs is 1. The maximum Gasteiger partial charge on any atom is 0.436 e. The van der Waals surface area contributed by atoms with Crippen LogP contribution in [0.2, 0.25) is 0 Å². The highest BCUT2D eigenvalue weighted by atomic mass is 19.4. The van der Waals surface area contributed by atoms with Gasteiger partial charge in [0.05, 0.1) is 24.2 Å². The van der Waals surface area contributed by atoms with E-state index in [1.165, 1.54) is 29.2 Å². The summed E-state index contributed by atoms with van der Waals surface area (Å²) in [6, 6.07) is 11.8. The Balaban J connectivity index is 1.37. The summed E-state index contributed by atoms with van der Waals surface area (Å²) in [6.07, 6.45) is -8.43. The van der Waals surface area contributed by atoms with Crippen molar-refractivity contribution in [2.75, 3.05) is 11.4 Å². The molecule has 1 aromatic heterocycles. The molecular formula is C28H24F6N6O2. The number of nitrogens with one attached hydrogen (secondary N) is 2. The number of hydrogen-bond donors (Lipinski definition) is 2. The summed E-state index contributed by atoms with van der Waals surface area (Å²) in [5, 5.41) is 18.0. The first-order valence-electron chi connectivity index (χ1n) is 12.9. The third-order valence-corrected chi connectivity index (χ3v) is 7.27. The Morgan fingerprint density at radius 1 is 1.02 bits per heavy atom. The predicted octanol–water partition coefficient (Wildman–Crippen LogP) is 5.22. The third-order valence-electron chi connectivity index (χ3n) is 7.27. The summed E-state index contributed by atoms with van der Waals surface area (Å²) in [5.41, 5.74) is -2.88. The summed E-state index contributed by atoms with van der Waals surface area (Å²) in [4.78, 5) is 27.2. The molecule has 0 unspecified atom stereocenters. The van der Waals surface area contributed by atoms with Crippen LogP contribution in [0.4, 0.5) is 32.2 Å². The fourth-order valence-electron chi connectivity index (χ4n) is 4.83. The van der Waals surface area contributed by atoms with Crippen molar-refractivity contribution in [3.8, 4) is 6.07 Å². The molecule has 1 atom stereocenters. The number of rotatable bonds is 7. The molecule has 2 amide bonds. The second-order valence-electron chi connectivity index (χ2n) is 10.4. The van der Waals surface area contributed by atoms with Crippen molar-refractivity contribution < 1.29 is 35.9 Å². The Morgan fingerprint density at radius 3 is 2.31 bits per heavy atom. The van der Waals surface area contributed by atoms with Gasteiger partial charge in [0.25, 0.3) is 11.8 Å². The van der Waals surface area contributed by atoms with Crippen LogP contribution in [0.3, 0.4) is 0 Å². The zero-order valence-electron chi connectivity index (χ0n) is 22.1. The highest BCUT2D eigenvalue weighted by Crippen LogP contribution is 2.39. The third kappa shape index (κ3) is 5.77. The molecule has 3 aromatic rings. The van der Waals surface area contributed by atoms with Gasteiger partial charge in [0, 0.05) is 18.7 Å². The fourth-order valence-corrected chi connectivity index (χ4v) is 4.83. The SMILES string of the molecule is C[C@H](NC(=O)c1c(C(F)(F)F)nn2c1N(Cc1cccc(C(F)(F)F)c1)CC2)c1ccc(C(=O)NC2(C#N)CC2)cc1. The van der Waals surface area contributed by atoms with Crippen LogP contribution in [-0.4, -0.2) is 33.7 Å². The van der Waals surface area contributed by atoms with E-state index < -0.39 is 52.6 Å². The van der Waals surface area contributed by atoms with Crippen LogP contribution in [0.25, 0.3) is 0 Å². The van der Waals surface area contributed by atoms with Gasteiger partial charge in [-0.15, -0.1) is 0 Å². The summed E-state index contributed by atoms with van der Waals surface area (Å²) in [7, 11) is 0. The minimum absolute atomic E-state index is 0.0107. The standard InChI is InChI=1S/C28H24F6N6O2/c1-16(18-5-7-19(8-6-18)23(41)37-26(15-35)9-10-26)36-24(42)21-22(28(32,33)34)38-40-12-11-39(25(21)40)14-17-3-2-4-20(13-17)27(29,30)31/h2-8,13,16H,9-12,14H2,1H3,(H,36,42)(H,37,41)/t16-/m0/s1. The molecule has 2 aliphatic rings. The molecule has 42 heavy (non-hydrogen) atoms. The number of carbonyl (C=O) groups is 2. The van der Waals surface area contributed by atoms with Crippen molar-refractivity contribution in [1.29, 1.82) is 5.26 Å². The van der Waals surface area contributed by atoms with E-state index in [0.717, 1.165) is 16.8 Å². The largest absolute Gasteiger partial charge is 0.436 e. The van der Waals surface area contributed by atoms with Crippen LogP contribution in [0.15, 0.2) is 48.5 Å². The molecule has 1 fully saturated rings. The number of anilines is 1. The van der Waals surface area contributed by atoms with E-state index in [4.69, 9.17) is 5.26 Å². The Bertz CT molecular complexity index is 1570. The van der Waals surface area contributed by atoms with Gasteiger partial charge < -0.3 is 15.5 Å². The molecule has 2 heterocycles. The molecule has 0 bridgehead atoms. The first-order valence-corrected chi connectivity index (χ1v) is 12.9. The average molecular weight is 591 g/mol. The lowest BCUT2D eigenvalue weighted by atomic mass is 10.0. The van der Waals surface area contributed by atoms with Crippen LogP contribution in [-0.2, 0) is 25.4 Å². The van der Waals surface area contributed by atoms with E-state index in [-0.39, 0.29) is 36.6 Å². The van der Waals surface area contributed by atoms with Crippen molar-refractivity contribution in [3.63, 3.8) is 0 Å². The van der Waals surface area contributed by atoms with E-state index in [1.807, 2.05) is 0 Å². The number of nitrogens with zero attached hydrogens (tertiary/aromatic N) is 4. The first kappa shape index (κ1) is 29.0. The van der Waals surface area contributed by atoms with Crippen LogP contribution in [0.1, 0.15) is 68.9 Å². The number of nitriles is 1. The molecule has 1 saturated carbocycles. The van der Waals surface area contributed by atoms with Crippen LogP contribution >= 0.6 is 0 Å². The van der Waals surface area contributed by atoms with Crippen molar-refractivity contribution >= 4 is 17.6 Å². The second-order valence-corrected chi connectivity index (χ2v) is 10.4. The molecule has 8 nitrogen and oxygen atoms in total. The zero-order valence-corrected chi connectivity index (χ0v) is 22.1. The fraction of sp³-hybridized carbons (Fsp3) is 0.357. The molecule has 0 spiro atoms. The van der Waals surface area contributed by atoms with Crippen molar-refractivity contribution in [3.05, 3.63) is 82.0 Å². The van der Waals surface area contributed by atoms with Gasteiger partial charge in [-0.3, -0.25) is 9.59 Å². The number of alkyl halides is 6. The molecule has 0 radical (unpaired) electrons. The van der Waals surface area contributed by atoms with Gasteiger partial charge in [-0.2, -0.15) is 36.7 Å². The molecule has 5 rings (SSSR count). The molecule has 220 valence electrons. The van der Waals surface area contributed by atoms with Gasteiger partial charge in [0.2, 0.25) is 0 Å². The van der Waals surface area contributed by atoms with Gasteiger partial charge >= 0.3 is 12.4 Å². The van der Waals surface area contributed by atoms with Crippen LogP contribution in [0.5, 0.6) is 0 Å². The van der Waals surface area contributed by atoms with Crippen LogP contribution in [0, 0.1) is 11.3 Å². The summed E-state index contributed by atoms with van der Waals surface area (Å²) < 4.78 is 82.5.